The summed E-state index contributed by atoms with van der Waals surface area (Å²) in [6, 6.07) is 17.4. The molecule has 3 aromatic carbocycles. The molecule has 1 fully saturated rings. The predicted molar refractivity (Wildman–Crippen MR) is 160 cm³/mol. The maximum Gasteiger partial charge on any atom is 0.324 e. The number of rotatable bonds is 11. The molecule has 4 rings (SSSR count). The number of urea groups is 1. The Bertz CT molecular complexity index is 1380. The molecule has 8 nitrogen and oxygen atoms in total. The van der Waals surface area contributed by atoms with Crippen molar-refractivity contribution in [3.05, 3.63) is 101 Å². The molecule has 10 heteroatoms. The highest BCUT2D eigenvalue weighted by Crippen LogP contribution is 2.38. The number of aliphatic hydroxyl groups is 1. The number of nitrogens with zero attached hydrogens (tertiary/aromatic N) is 2. The van der Waals surface area contributed by atoms with Crippen LogP contribution >= 0.6 is 0 Å². The lowest BCUT2D eigenvalue weighted by Gasteiger charge is -2.32. The molecule has 1 aliphatic carbocycles. The number of nitrogens with two attached hydrogens (primary N) is 1. The molecule has 3 aromatic rings. The number of likely N-dealkylation sites (N-methyl/N-ethyl adjacent to an activating group) is 1. The minimum atomic E-state index is -1.07. The van der Waals surface area contributed by atoms with E-state index in [4.69, 9.17) is 5.73 Å². The number of hydrogen-bond donors (Lipinski definition) is 3. The molecule has 4 amide bonds. The Balaban J connectivity index is 1.52. The summed E-state index contributed by atoms with van der Waals surface area (Å²) in [5, 5.41) is 12.2. The first-order chi connectivity index (χ1) is 20.7. The van der Waals surface area contributed by atoms with E-state index >= 15 is 0 Å². The van der Waals surface area contributed by atoms with Gasteiger partial charge >= 0.3 is 6.03 Å². The monoisotopic (exact) mass is 592 g/mol. The van der Waals surface area contributed by atoms with Crippen LogP contribution in [0.3, 0.4) is 0 Å². The Hall–Kier alpha value is -4.31. The highest BCUT2D eigenvalue weighted by molar-refractivity contribution is 5.92. The number of nitrogens with one attached hydrogen (secondary N) is 1. The van der Waals surface area contributed by atoms with Crippen LogP contribution in [-0.4, -0.2) is 47.5 Å². The molecule has 0 radical (unpaired) electrons. The number of benzene rings is 3. The average molecular weight is 593 g/mol. The Morgan fingerprint density at radius 2 is 1.53 bits per heavy atom. The third kappa shape index (κ3) is 7.95. The largest absolute Gasteiger partial charge is 0.395 e. The summed E-state index contributed by atoms with van der Waals surface area (Å²) < 4.78 is 27.0. The van der Waals surface area contributed by atoms with Gasteiger partial charge in [-0.1, -0.05) is 49.2 Å². The van der Waals surface area contributed by atoms with Crippen molar-refractivity contribution in [1.82, 2.24) is 10.2 Å². The van der Waals surface area contributed by atoms with Crippen molar-refractivity contribution in [3.8, 4) is 0 Å². The number of anilines is 1. The van der Waals surface area contributed by atoms with E-state index in [1.807, 2.05) is 31.2 Å². The van der Waals surface area contributed by atoms with E-state index in [-0.39, 0.29) is 43.5 Å². The molecule has 0 bridgehead atoms. The molecule has 0 unspecified atom stereocenters. The van der Waals surface area contributed by atoms with Crippen molar-refractivity contribution in [2.75, 3.05) is 24.6 Å². The SMILES string of the molecule is CCN(CCO)C(=O)N(Cc1ccc([C@@H]2CCCC[C@H]2C(=O)N[C@H](C(N)=O)c2ccc(F)cc2)cc1)c1ccc(F)cc1. The highest BCUT2D eigenvalue weighted by atomic mass is 19.1. The molecule has 0 aromatic heterocycles. The van der Waals surface area contributed by atoms with E-state index in [9.17, 15) is 28.3 Å². The lowest BCUT2D eigenvalue weighted by molar-refractivity contribution is -0.131. The summed E-state index contributed by atoms with van der Waals surface area (Å²) >= 11 is 0. The number of carbonyl (C=O) groups excluding carboxylic acids is 3. The van der Waals surface area contributed by atoms with E-state index in [0.717, 1.165) is 30.4 Å². The van der Waals surface area contributed by atoms with Gasteiger partial charge in [0.25, 0.3) is 0 Å². The summed E-state index contributed by atoms with van der Waals surface area (Å²) in [5.74, 6) is -2.33. The van der Waals surface area contributed by atoms with E-state index in [0.29, 0.717) is 24.2 Å². The molecule has 228 valence electrons. The smallest absolute Gasteiger partial charge is 0.324 e. The minimum absolute atomic E-state index is 0.0838. The van der Waals surface area contributed by atoms with Gasteiger partial charge in [0.15, 0.2) is 0 Å². The summed E-state index contributed by atoms with van der Waals surface area (Å²) in [4.78, 5) is 42.1. The second kappa shape index (κ2) is 14.7. The van der Waals surface area contributed by atoms with Gasteiger partial charge in [0.1, 0.15) is 17.7 Å². The van der Waals surface area contributed by atoms with Crippen molar-refractivity contribution in [2.24, 2.45) is 11.7 Å². The second-order valence-electron chi connectivity index (χ2n) is 10.8. The van der Waals surface area contributed by atoms with Crippen LogP contribution < -0.4 is 16.0 Å². The Kier molecular flexibility index (Phi) is 10.8. The molecule has 1 saturated carbocycles. The normalized spacial score (nSPS) is 17.1. The topological polar surface area (TPSA) is 116 Å². The highest BCUT2D eigenvalue weighted by Gasteiger charge is 2.34. The molecular weight excluding hydrogens is 554 g/mol. The molecule has 3 atom stereocenters. The van der Waals surface area contributed by atoms with Crippen molar-refractivity contribution < 1.29 is 28.3 Å². The van der Waals surface area contributed by atoms with Gasteiger partial charge in [-0.05, 0) is 78.8 Å². The fourth-order valence-corrected chi connectivity index (χ4v) is 5.69. The van der Waals surface area contributed by atoms with E-state index < -0.39 is 23.6 Å². The van der Waals surface area contributed by atoms with Crippen LogP contribution in [0.25, 0.3) is 0 Å². The molecule has 4 N–H and O–H groups in total. The zero-order valence-corrected chi connectivity index (χ0v) is 24.2. The lowest BCUT2D eigenvalue weighted by atomic mass is 9.74. The van der Waals surface area contributed by atoms with Gasteiger partial charge in [0.2, 0.25) is 11.8 Å². The van der Waals surface area contributed by atoms with Crippen LogP contribution in [0.15, 0.2) is 72.8 Å². The van der Waals surface area contributed by atoms with Crippen molar-refractivity contribution in [1.29, 1.82) is 0 Å². The number of halogens is 2. The number of aliphatic hydroxyl groups excluding tert-OH is 1. The molecule has 0 aliphatic heterocycles. The average Bonchev–Trinajstić information content (AvgIpc) is 3.02. The molecule has 43 heavy (non-hydrogen) atoms. The lowest BCUT2D eigenvalue weighted by Crippen LogP contribution is -2.44. The van der Waals surface area contributed by atoms with Crippen LogP contribution in [-0.2, 0) is 16.1 Å². The summed E-state index contributed by atoms with van der Waals surface area (Å²) in [6.07, 6.45) is 3.28. The zero-order chi connectivity index (χ0) is 30.9. The molecule has 0 heterocycles. The van der Waals surface area contributed by atoms with Gasteiger partial charge in [-0.2, -0.15) is 0 Å². The number of carbonyl (C=O) groups is 3. The van der Waals surface area contributed by atoms with Gasteiger partial charge < -0.3 is 21.1 Å². The Morgan fingerprint density at radius 1 is 0.930 bits per heavy atom. The maximum atomic E-state index is 13.6. The number of amides is 4. The van der Waals surface area contributed by atoms with Crippen LogP contribution in [0.5, 0.6) is 0 Å². The third-order valence-corrected chi connectivity index (χ3v) is 8.02. The van der Waals surface area contributed by atoms with E-state index in [1.54, 1.807) is 17.0 Å². The number of hydrogen-bond acceptors (Lipinski definition) is 4. The van der Waals surface area contributed by atoms with Crippen molar-refractivity contribution in [3.63, 3.8) is 0 Å². The first kappa shape index (κ1) is 31.6. The molecular formula is C33H38F2N4O4. The van der Waals surface area contributed by atoms with Crippen molar-refractivity contribution in [2.45, 2.75) is 51.1 Å². The standard InChI is InChI=1S/C33H38F2N4O4/c1-2-38(19-20-40)33(43)39(27-17-15-26(35)16-18-27)21-22-7-9-23(10-8-22)28-5-3-4-6-29(28)32(42)37-30(31(36)41)24-11-13-25(34)14-12-24/h7-18,28-30,40H,2-6,19-21H2,1H3,(H2,36,41)(H,37,42)/t28-,29+,30-/m0/s1. The molecule has 0 spiro atoms. The summed E-state index contributed by atoms with van der Waals surface area (Å²) in [5.41, 5.74) is 8.34. The third-order valence-electron chi connectivity index (χ3n) is 8.02. The quantitative estimate of drug-likeness (QED) is 0.290. The van der Waals surface area contributed by atoms with Gasteiger partial charge in [-0.15, -0.1) is 0 Å². The van der Waals surface area contributed by atoms with Crippen LogP contribution in [0.4, 0.5) is 19.3 Å². The Morgan fingerprint density at radius 3 is 2.12 bits per heavy atom. The van der Waals surface area contributed by atoms with Gasteiger partial charge in [0.05, 0.1) is 13.2 Å². The number of primary amides is 1. The fraction of sp³-hybridized carbons (Fsp3) is 0.364. The fourth-order valence-electron chi connectivity index (χ4n) is 5.69. The van der Waals surface area contributed by atoms with Crippen LogP contribution in [0, 0.1) is 17.6 Å². The molecule has 0 saturated heterocycles. The van der Waals surface area contributed by atoms with Gasteiger partial charge in [-0.3, -0.25) is 14.5 Å². The summed E-state index contributed by atoms with van der Waals surface area (Å²) in [7, 11) is 0. The van der Waals surface area contributed by atoms with Crippen LogP contribution in [0.1, 0.15) is 61.3 Å². The van der Waals surface area contributed by atoms with E-state index in [1.165, 1.54) is 41.3 Å². The maximum absolute atomic E-state index is 13.6. The Labute approximate surface area is 250 Å². The molecule has 1 aliphatic rings. The first-order valence-corrected chi connectivity index (χ1v) is 14.6. The second-order valence-corrected chi connectivity index (χ2v) is 10.8. The predicted octanol–water partition coefficient (Wildman–Crippen LogP) is 5.02. The minimum Gasteiger partial charge on any atom is -0.395 e. The van der Waals surface area contributed by atoms with Gasteiger partial charge in [-0.25, -0.2) is 13.6 Å². The van der Waals surface area contributed by atoms with Crippen molar-refractivity contribution >= 4 is 23.5 Å². The zero-order valence-electron chi connectivity index (χ0n) is 24.2. The summed E-state index contributed by atoms with van der Waals surface area (Å²) in [6.45, 7) is 2.45. The first-order valence-electron chi connectivity index (χ1n) is 14.6. The van der Waals surface area contributed by atoms with Gasteiger partial charge in [0, 0.05) is 24.7 Å². The van der Waals surface area contributed by atoms with E-state index in [2.05, 4.69) is 5.32 Å². The van der Waals surface area contributed by atoms with Crippen LogP contribution in [0.2, 0.25) is 0 Å².